The fourth-order valence-corrected chi connectivity index (χ4v) is 7.82. The average molecular weight is 959 g/mol. The second kappa shape index (κ2) is 15.5. The van der Waals surface area contributed by atoms with Crippen molar-refractivity contribution < 1.29 is 25.8 Å². The van der Waals surface area contributed by atoms with Crippen molar-refractivity contribution in [1.82, 2.24) is 9.55 Å². The largest absolute Gasteiger partial charge is 0.509 e. The molecule has 3 heterocycles. The number of fused-ring (bicyclic) bond motifs is 3. The number of pyridine rings is 1. The van der Waals surface area contributed by atoms with Crippen LogP contribution < -0.4 is 14.5 Å². The molecule has 0 amide bonds. The molecule has 0 aliphatic carbocycles. The number of para-hydroxylation sites is 1. The van der Waals surface area contributed by atoms with Gasteiger partial charge in [-0.2, -0.15) is 6.07 Å². The predicted molar refractivity (Wildman–Crippen MR) is 242 cm³/mol. The summed E-state index contributed by atoms with van der Waals surface area (Å²) < 4.78 is 8.96. The summed E-state index contributed by atoms with van der Waals surface area (Å²) in [6.07, 6.45) is 4.14. The van der Waals surface area contributed by atoms with E-state index >= 15 is 0 Å². The van der Waals surface area contributed by atoms with E-state index in [1.807, 2.05) is 12.3 Å². The molecule has 0 bridgehead atoms. The van der Waals surface area contributed by atoms with Crippen LogP contribution in [0.2, 0.25) is 0 Å². The quantitative estimate of drug-likeness (QED) is 0.149. The van der Waals surface area contributed by atoms with Crippen LogP contribution in [0.25, 0.3) is 27.6 Å². The van der Waals surface area contributed by atoms with Crippen molar-refractivity contribution in [2.75, 3.05) is 9.80 Å². The first-order valence-corrected chi connectivity index (χ1v) is 20.4. The zero-order valence-electron chi connectivity index (χ0n) is 36.2. The molecule has 0 fully saturated rings. The van der Waals surface area contributed by atoms with Crippen LogP contribution >= 0.6 is 0 Å². The number of benzene rings is 5. The molecule has 1 aliphatic heterocycles. The van der Waals surface area contributed by atoms with Gasteiger partial charge in [0.05, 0.1) is 0 Å². The molecule has 0 saturated carbocycles. The molecule has 5 nitrogen and oxygen atoms in total. The Labute approximate surface area is 366 Å². The van der Waals surface area contributed by atoms with Gasteiger partial charge in [0.15, 0.2) is 0 Å². The number of allylic oxidation sites excluding steroid dienone is 1. The maximum atomic E-state index is 6.75. The molecular weight excluding hydrogens is 904 g/mol. The van der Waals surface area contributed by atoms with Gasteiger partial charge in [-0.15, -0.1) is 53.6 Å². The summed E-state index contributed by atoms with van der Waals surface area (Å²) in [4.78, 5) is 9.35. The topological polar surface area (TPSA) is 33.5 Å². The molecule has 1 aliphatic rings. The van der Waals surface area contributed by atoms with Gasteiger partial charge >= 0.3 is 0 Å². The van der Waals surface area contributed by atoms with E-state index in [1.54, 1.807) is 0 Å². The summed E-state index contributed by atoms with van der Waals surface area (Å²) in [6.45, 7) is 26.9. The van der Waals surface area contributed by atoms with E-state index < -0.39 is 0 Å². The van der Waals surface area contributed by atoms with Crippen LogP contribution in [0, 0.1) is 24.2 Å². The Morgan fingerprint density at radius 3 is 1.92 bits per heavy atom. The molecule has 0 radical (unpaired) electrons. The molecule has 7 aromatic rings. The van der Waals surface area contributed by atoms with Gasteiger partial charge in [-0.25, -0.2) is 4.98 Å². The van der Waals surface area contributed by atoms with Crippen molar-refractivity contribution in [3.05, 3.63) is 174 Å². The number of nitrogens with zero attached hydrogens (tertiary/aromatic N) is 4. The van der Waals surface area contributed by atoms with E-state index in [-0.39, 0.29) is 42.7 Å². The number of hydrogen-bond acceptors (Lipinski definition) is 4. The SMILES string of the molecule is CC(C)(C)C1=CN(c2[c-]c(Oc3[c-]c4c(cc3)c3ccccc3n4-c3cc(C(C)(C)C)ccn3)cc(C(C)(C)C)c2)[CH-]N1c1ccc(C(C)(C)c2ccccc2)cc1.[Pt]. The van der Waals surface area contributed by atoms with Gasteiger partial charge < -0.3 is 19.1 Å². The Balaban J connectivity index is 0.00000528. The van der Waals surface area contributed by atoms with Crippen molar-refractivity contribution in [1.29, 1.82) is 0 Å². The number of rotatable bonds is 7. The minimum Gasteiger partial charge on any atom is -0.509 e. The maximum Gasteiger partial charge on any atom is 0.135 e. The first-order valence-electron chi connectivity index (χ1n) is 20.4. The van der Waals surface area contributed by atoms with Gasteiger partial charge in [0.2, 0.25) is 0 Å². The van der Waals surface area contributed by atoms with Crippen LogP contribution in [0.1, 0.15) is 98.4 Å². The van der Waals surface area contributed by atoms with Crippen molar-refractivity contribution in [3.63, 3.8) is 0 Å². The van der Waals surface area contributed by atoms with E-state index in [0.29, 0.717) is 11.5 Å². The summed E-state index contributed by atoms with van der Waals surface area (Å²) in [6, 6.07) is 48.3. The third kappa shape index (κ3) is 8.24. The molecule has 0 N–H and O–H groups in total. The van der Waals surface area contributed by atoms with E-state index in [0.717, 1.165) is 44.6 Å². The molecule has 6 heteroatoms. The van der Waals surface area contributed by atoms with Gasteiger partial charge in [0.1, 0.15) is 5.82 Å². The zero-order valence-corrected chi connectivity index (χ0v) is 38.5. The van der Waals surface area contributed by atoms with E-state index in [2.05, 4.69) is 225 Å². The normalized spacial score (nSPS) is 13.8. The number of aromatic nitrogens is 2. The summed E-state index contributed by atoms with van der Waals surface area (Å²) in [7, 11) is 0. The van der Waals surface area contributed by atoms with Gasteiger partial charge in [0.25, 0.3) is 0 Å². The van der Waals surface area contributed by atoms with Crippen LogP contribution in [0.5, 0.6) is 11.5 Å². The molecule has 5 aromatic carbocycles. The Bertz CT molecular complexity index is 2650. The van der Waals surface area contributed by atoms with Crippen LogP contribution in [-0.4, -0.2) is 9.55 Å². The second-order valence-electron chi connectivity index (χ2n) is 19.3. The van der Waals surface area contributed by atoms with E-state index in [1.165, 1.54) is 22.4 Å². The van der Waals surface area contributed by atoms with Gasteiger partial charge in [-0.1, -0.05) is 142 Å². The summed E-state index contributed by atoms with van der Waals surface area (Å²) in [5, 5.41) is 2.25. The molecule has 8 rings (SSSR count). The van der Waals surface area contributed by atoms with Crippen molar-refractivity contribution in [2.24, 2.45) is 5.41 Å². The molecule has 0 saturated heterocycles. The summed E-state index contributed by atoms with van der Waals surface area (Å²) in [5.41, 5.74) is 9.77. The minimum absolute atomic E-state index is 0. The van der Waals surface area contributed by atoms with Crippen LogP contribution in [-0.2, 0) is 37.3 Å². The molecule has 0 spiro atoms. The van der Waals surface area contributed by atoms with Crippen LogP contribution in [0.3, 0.4) is 0 Å². The van der Waals surface area contributed by atoms with Gasteiger partial charge in [-0.05, 0) is 69.4 Å². The van der Waals surface area contributed by atoms with Crippen molar-refractivity contribution >= 4 is 33.2 Å². The standard InChI is InChI=1S/C53H55N4O.Pt/c1-50(2,3)38-27-28-54-49(31-38)57-46-20-16-15-19-44(46)45-26-25-42(33-47(45)57)58-43-30-39(51(4,5)6)29-41(32-43)55-34-48(52(7,8)9)56(35-55)40-23-21-37(22-24-40)53(10,11)36-17-13-12-14-18-36;/h12-31,34-35H,1-11H3;/q-3;. The first-order chi connectivity index (χ1) is 27.4. The second-order valence-corrected chi connectivity index (χ2v) is 19.3. The van der Waals surface area contributed by atoms with Crippen LogP contribution in [0.4, 0.5) is 11.4 Å². The smallest absolute Gasteiger partial charge is 0.135 e. The Morgan fingerprint density at radius 1 is 0.576 bits per heavy atom. The average Bonchev–Trinajstić information content (AvgIpc) is 3.78. The van der Waals surface area contributed by atoms with Crippen molar-refractivity contribution in [3.8, 4) is 17.3 Å². The number of anilines is 2. The maximum absolute atomic E-state index is 6.75. The zero-order chi connectivity index (χ0) is 41.2. The summed E-state index contributed by atoms with van der Waals surface area (Å²) >= 11 is 0. The fourth-order valence-electron chi connectivity index (χ4n) is 7.82. The van der Waals surface area contributed by atoms with Gasteiger partial charge in [-0.3, -0.25) is 0 Å². The number of hydrogen-bond donors (Lipinski definition) is 0. The molecule has 306 valence electrons. The Hall–Kier alpha value is -5.12. The number of ether oxygens (including phenoxy) is 1. The van der Waals surface area contributed by atoms with E-state index in [4.69, 9.17) is 9.72 Å². The Kier molecular flexibility index (Phi) is 11.0. The monoisotopic (exact) mass is 958 g/mol. The third-order valence-electron chi connectivity index (χ3n) is 11.5. The minimum atomic E-state index is -0.136. The van der Waals surface area contributed by atoms with Crippen LogP contribution in [0.15, 0.2) is 133 Å². The Morgan fingerprint density at radius 2 is 1.24 bits per heavy atom. The van der Waals surface area contributed by atoms with Gasteiger partial charge in [0, 0.05) is 66.5 Å². The third-order valence-corrected chi connectivity index (χ3v) is 11.5. The van der Waals surface area contributed by atoms with Crippen molar-refractivity contribution in [2.45, 2.75) is 92.4 Å². The molecule has 2 aromatic heterocycles. The first kappa shape index (κ1) is 42.0. The predicted octanol–water partition coefficient (Wildman–Crippen LogP) is 13.8. The molecule has 59 heavy (non-hydrogen) atoms. The van der Waals surface area contributed by atoms with E-state index in [9.17, 15) is 0 Å². The molecule has 0 unspecified atom stereocenters. The fraction of sp³-hybridized carbons (Fsp3) is 0.283. The molecule has 0 atom stereocenters. The summed E-state index contributed by atoms with van der Waals surface area (Å²) in [5.74, 6) is 2.12. The molecular formula is C53H55N4OPt-3.